The van der Waals surface area contributed by atoms with E-state index in [4.69, 9.17) is 0 Å². The van der Waals surface area contributed by atoms with Gasteiger partial charge in [-0.25, -0.2) is 0 Å². The second-order valence-corrected chi connectivity index (χ2v) is 6.47. The van der Waals surface area contributed by atoms with Crippen molar-refractivity contribution in [3.05, 3.63) is 57.9 Å². The molecule has 0 aliphatic heterocycles. The van der Waals surface area contributed by atoms with Gasteiger partial charge in [-0.15, -0.1) is 0 Å². The van der Waals surface area contributed by atoms with Crippen LogP contribution in [-0.4, -0.2) is 16.6 Å². The van der Waals surface area contributed by atoms with E-state index in [1.54, 1.807) is 18.3 Å². The number of nitrogens with one attached hydrogen (secondary N) is 1. The minimum absolute atomic E-state index is 0.197. The van der Waals surface area contributed by atoms with Crippen LogP contribution in [0.4, 0.5) is 0 Å². The lowest BCUT2D eigenvalue weighted by Gasteiger charge is -2.07. The molecule has 5 heteroatoms. The van der Waals surface area contributed by atoms with Crippen molar-refractivity contribution < 1.29 is 9.59 Å². The zero-order valence-electron chi connectivity index (χ0n) is 13.2. The van der Waals surface area contributed by atoms with E-state index in [1.165, 1.54) is 0 Å². The van der Waals surface area contributed by atoms with Gasteiger partial charge in [-0.05, 0) is 41.8 Å². The largest absolute Gasteiger partial charge is 0.358 e. The fourth-order valence-corrected chi connectivity index (χ4v) is 3.57. The Morgan fingerprint density at radius 2 is 2.08 bits per heavy atom. The lowest BCUT2D eigenvalue weighted by atomic mass is 9.90. The first kappa shape index (κ1) is 16.2. The van der Waals surface area contributed by atoms with Crippen molar-refractivity contribution in [1.29, 1.82) is 5.26 Å². The van der Waals surface area contributed by atoms with Gasteiger partial charge in [0, 0.05) is 28.6 Å². The molecule has 2 aromatic heterocycles. The van der Waals surface area contributed by atoms with Crippen LogP contribution in [0.1, 0.15) is 28.0 Å². The average molecular weight is 336 g/mol. The normalized spacial score (nSPS) is 12.0. The van der Waals surface area contributed by atoms with E-state index in [0.717, 1.165) is 16.5 Å². The minimum atomic E-state index is -1.25. The van der Waals surface area contributed by atoms with Crippen LogP contribution in [-0.2, 0) is 11.2 Å². The van der Waals surface area contributed by atoms with E-state index in [0.29, 0.717) is 17.7 Å². The molecule has 24 heavy (non-hydrogen) atoms. The number of aromatic amines is 1. The van der Waals surface area contributed by atoms with Gasteiger partial charge in [-0.2, -0.15) is 16.6 Å². The number of carbonyl (C=O) groups is 2. The van der Waals surface area contributed by atoms with E-state index >= 15 is 0 Å². The van der Waals surface area contributed by atoms with Gasteiger partial charge in [0.1, 0.15) is 0 Å². The molecule has 120 valence electrons. The van der Waals surface area contributed by atoms with Crippen LogP contribution in [0.5, 0.6) is 0 Å². The second-order valence-electron chi connectivity index (χ2n) is 5.69. The minimum Gasteiger partial charge on any atom is -0.358 e. The van der Waals surface area contributed by atoms with Crippen molar-refractivity contribution in [2.75, 3.05) is 0 Å². The molecule has 0 unspecified atom stereocenters. The van der Waals surface area contributed by atoms with Gasteiger partial charge in [0.2, 0.25) is 0 Å². The van der Waals surface area contributed by atoms with Crippen LogP contribution in [0.2, 0.25) is 0 Å². The number of nitrogens with zero attached hydrogens (tertiary/aromatic N) is 1. The van der Waals surface area contributed by atoms with Gasteiger partial charge in [0.05, 0.1) is 6.07 Å². The number of thiophene rings is 1. The van der Waals surface area contributed by atoms with Gasteiger partial charge in [-0.1, -0.05) is 18.2 Å². The molecular formula is C19H16N2O2S. The molecule has 2 heterocycles. The summed E-state index contributed by atoms with van der Waals surface area (Å²) in [7, 11) is 0. The topological polar surface area (TPSA) is 73.7 Å². The molecule has 0 aliphatic carbocycles. The third-order valence-corrected chi connectivity index (χ3v) is 4.83. The Hall–Kier alpha value is -2.71. The number of aryl methyl sites for hydroxylation is 2. The fourth-order valence-electron chi connectivity index (χ4n) is 2.86. The van der Waals surface area contributed by atoms with Crippen molar-refractivity contribution in [1.82, 2.24) is 4.98 Å². The molecular weight excluding hydrogens is 320 g/mol. The first-order chi connectivity index (χ1) is 11.6. The molecule has 1 N–H and O–H groups in total. The molecule has 0 aliphatic rings. The summed E-state index contributed by atoms with van der Waals surface area (Å²) in [5, 5.41) is 14.1. The summed E-state index contributed by atoms with van der Waals surface area (Å²) in [6, 6.07) is 11.3. The van der Waals surface area contributed by atoms with Crippen LogP contribution >= 0.6 is 11.3 Å². The van der Waals surface area contributed by atoms with Crippen molar-refractivity contribution >= 4 is 33.8 Å². The lowest BCUT2D eigenvalue weighted by Crippen LogP contribution is -2.23. The number of aromatic nitrogens is 1. The Bertz CT molecular complexity index is 932. The standard InChI is InChI=1S/C19H16N2O2S/c1-12-18(14-4-2-3-5-16(14)21-12)19(23)15(10-20)17(22)7-6-13-8-9-24-11-13/h2-5,8-9,11,15,21H,6-7H2,1H3/t15-/m1/s1. The van der Waals surface area contributed by atoms with Crippen molar-refractivity contribution in [2.45, 2.75) is 19.8 Å². The number of ketones is 2. The summed E-state index contributed by atoms with van der Waals surface area (Å²) >= 11 is 1.57. The highest BCUT2D eigenvalue weighted by molar-refractivity contribution is 7.07. The van der Waals surface area contributed by atoms with Crippen LogP contribution in [0, 0.1) is 24.2 Å². The van der Waals surface area contributed by atoms with E-state index in [9.17, 15) is 14.9 Å². The van der Waals surface area contributed by atoms with Crippen LogP contribution in [0.3, 0.4) is 0 Å². The Morgan fingerprint density at radius 3 is 2.79 bits per heavy atom. The van der Waals surface area contributed by atoms with Gasteiger partial charge >= 0.3 is 0 Å². The van der Waals surface area contributed by atoms with E-state index in [1.807, 2.05) is 47.2 Å². The van der Waals surface area contributed by atoms with Gasteiger partial charge in [0.15, 0.2) is 17.5 Å². The maximum atomic E-state index is 12.8. The monoisotopic (exact) mass is 336 g/mol. The molecule has 0 fully saturated rings. The number of benzene rings is 1. The highest BCUT2D eigenvalue weighted by Crippen LogP contribution is 2.25. The number of carbonyl (C=O) groups excluding carboxylic acids is 2. The van der Waals surface area contributed by atoms with Crippen molar-refractivity contribution in [3.8, 4) is 6.07 Å². The molecule has 0 saturated carbocycles. The summed E-state index contributed by atoms with van der Waals surface area (Å²) in [6.45, 7) is 1.79. The molecule has 3 rings (SSSR count). The number of Topliss-reactive ketones (excluding diaryl/α,β-unsaturated/α-hetero) is 2. The number of rotatable bonds is 6. The third kappa shape index (κ3) is 3.01. The molecule has 0 saturated heterocycles. The lowest BCUT2D eigenvalue weighted by molar-refractivity contribution is -0.120. The summed E-state index contributed by atoms with van der Waals surface area (Å²) in [6.07, 6.45) is 0.753. The molecule has 0 amide bonds. The zero-order chi connectivity index (χ0) is 17.1. The summed E-state index contributed by atoms with van der Waals surface area (Å²) in [4.78, 5) is 28.4. The fraction of sp³-hybridized carbons (Fsp3) is 0.211. The number of nitriles is 1. The maximum absolute atomic E-state index is 12.8. The summed E-state index contributed by atoms with van der Waals surface area (Å²) < 4.78 is 0. The quantitative estimate of drug-likeness (QED) is 0.545. The highest BCUT2D eigenvalue weighted by atomic mass is 32.1. The Morgan fingerprint density at radius 1 is 1.29 bits per heavy atom. The number of hydrogen-bond acceptors (Lipinski definition) is 4. The predicted molar refractivity (Wildman–Crippen MR) is 94.1 cm³/mol. The zero-order valence-corrected chi connectivity index (χ0v) is 14.0. The number of fused-ring (bicyclic) bond motifs is 1. The smallest absolute Gasteiger partial charge is 0.189 e. The van der Waals surface area contributed by atoms with Crippen molar-refractivity contribution in [3.63, 3.8) is 0 Å². The van der Waals surface area contributed by atoms with E-state index in [2.05, 4.69) is 4.98 Å². The molecule has 0 radical (unpaired) electrons. The van der Waals surface area contributed by atoms with Crippen LogP contribution < -0.4 is 0 Å². The number of hydrogen-bond donors (Lipinski definition) is 1. The second kappa shape index (κ2) is 6.81. The molecule has 3 aromatic rings. The first-order valence-electron chi connectivity index (χ1n) is 7.66. The highest BCUT2D eigenvalue weighted by Gasteiger charge is 2.30. The predicted octanol–water partition coefficient (Wildman–Crippen LogP) is 4.06. The Labute approximate surface area is 143 Å². The molecule has 1 aromatic carbocycles. The summed E-state index contributed by atoms with van der Waals surface area (Å²) in [5.74, 6) is -1.98. The van der Waals surface area contributed by atoms with E-state index in [-0.39, 0.29) is 12.2 Å². The molecule has 1 atom stereocenters. The first-order valence-corrected chi connectivity index (χ1v) is 8.61. The SMILES string of the molecule is Cc1[nH]c2ccccc2c1C(=O)[C@H](C#N)C(=O)CCc1ccsc1. The molecule has 0 spiro atoms. The van der Waals surface area contributed by atoms with Gasteiger partial charge < -0.3 is 4.98 Å². The van der Waals surface area contributed by atoms with Gasteiger partial charge in [-0.3, -0.25) is 9.59 Å². The molecule has 4 nitrogen and oxygen atoms in total. The average Bonchev–Trinajstić information content (AvgIpc) is 3.19. The Balaban J connectivity index is 1.84. The Kier molecular flexibility index (Phi) is 4.59. The number of para-hydroxylation sites is 1. The van der Waals surface area contributed by atoms with Crippen molar-refractivity contribution in [2.24, 2.45) is 5.92 Å². The van der Waals surface area contributed by atoms with Gasteiger partial charge in [0.25, 0.3) is 0 Å². The summed E-state index contributed by atoms with van der Waals surface area (Å²) in [5.41, 5.74) is 3.02. The van der Waals surface area contributed by atoms with Crippen LogP contribution in [0.15, 0.2) is 41.1 Å². The van der Waals surface area contributed by atoms with E-state index < -0.39 is 11.7 Å². The molecule has 0 bridgehead atoms. The third-order valence-electron chi connectivity index (χ3n) is 4.09. The van der Waals surface area contributed by atoms with Crippen LogP contribution in [0.25, 0.3) is 10.9 Å². The maximum Gasteiger partial charge on any atom is 0.189 e. The number of H-pyrrole nitrogens is 1.